The van der Waals surface area contributed by atoms with Crippen molar-refractivity contribution in [2.24, 2.45) is 35.5 Å². The van der Waals surface area contributed by atoms with Crippen LogP contribution in [0.25, 0.3) is 0 Å². The van der Waals surface area contributed by atoms with Gasteiger partial charge in [-0.05, 0) is 82.2 Å². The van der Waals surface area contributed by atoms with Gasteiger partial charge in [0.15, 0.2) is 24.4 Å². The molecule has 9 N–H and O–H groups in total. The number of aromatic hydroxyl groups is 1. The number of nitrogens with one attached hydrogen (secondary N) is 5. The fraction of sp³-hybridized carbons (Fsp3) is 0.636. The number of hydrogen-bond donors (Lipinski definition) is 9. The van der Waals surface area contributed by atoms with Crippen molar-refractivity contribution in [3.63, 3.8) is 0 Å². The number of amides is 6. The molecule has 1 aliphatic heterocycles. The Balaban J connectivity index is 1.66. The first-order chi connectivity index (χ1) is 46.7. The van der Waals surface area contributed by atoms with Crippen molar-refractivity contribution in [2.75, 3.05) is 45.0 Å². The quantitative estimate of drug-likeness (QED) is 0.00723. The number of benzene rings is 1. The molecule has 30 nitrogen and oxygen atoms in total. The second kappa shape index (κ2) is 44.2. The molecular weight excluding hydrogens is 1350 g/mol. The molecule has 3 rings (SSSR count). The number of ketones is 4. The summed E-state index contributed by atoms with van der Waals surface area (Å²) in [6.07, 6.45) is -3.05. The first-order valence-corrected chi connectivity index (χ1v) is 36.2. The standard InChI is InChI=1S/C66H96N8O22S3/c1-10-14-59(87)95-36-74(65(92)48(38(5)11-2)31-47(78)32-54(80)51-15-12-13-21-73(51)9)52(37(3)4)34-55(96-41(8)76)64-70-50(35-97-64)63(91)68-45(27-42-16-18-46(77)19-17-42)25-39(6)60(88)71-72-66(93)94-22-24-99-98-23-20-67-61(89)44(30-57(83)84)28-53(79)49(33-58(85)86)69-62(90)43(26-40(7)75)29-56(81)82/h16-19,35,37-39,43-45,48-49,51-52,55,77H,10-15,20-34,36H2,1-9H3,(H,67,89)(H,68,91)(H,69,90)(H,71,88)(H,72,93)(H,81,82)(H,83,84)(H,85,86)/t38?,39-,43-,44-,45+,48-,49+,51+,52+,55+/m0/s1. The molecule has 6 amide bonds. The van der Waals surface area contributed by atoms with E-state index < -0.39 is 164 Å². The van der Waals surface area contributed by atoms with Crippen molar-refractivity contribution in [3.8, 4) is 5.75 Å². The summed E-state index contributed by atoms with van der Waals surface area (Å²) in [5.41, 5.74) is 5.07. The molecule has 0 saturated carbocycles. The molecule has 2 heterocycles. The van der Waals surface area contributed by atoms with Crippen LogP contribution in [0, 0.1) is 35.5 Å². The average Bonchev–Trinajstić information content (AvgIpc) is 1.79. The number of ether oxygens (including phenoxy) is 3. The molecule has 99 heavy (non-hydrogen) atoms. The first-order valence-electron chi connectivity index (χ1n) is 32.9. The van der Waals surface area contributed by atoms with Gasteiger partial charge >= 0.3 is 35.9 Å². The number of hydrazine groups is 1. The summed E-state index contributed by atoms with van der Waals surface area (Å²) >= 11 is 1.01. The number of thiazole rings is 1. The molecular formula is C66H96N8O22S3. The van der Waals surface area contributed by atoms with E-state index in [1.54, 1.807) is 26.0 Å². The van der Waals surface area contributed by atoms with Crippen molar-refractivity contribution in [1.29, 1.82) is 0 Å². The summed E-state index contributed by atoms with van der Waals surface area (Å²) in [6.45, 7) is 13.1. The molecule has 1 aromatic heterocycles. The summed E-state index contributed by atoms with van der Waals surface area (Å²) in [5.74, 6) is -16.6. The maximum absolute atomic E-state index is 15.0. The summed E-state index contributed by atoms with van der Waals surface area (Å²) in [6, 6.07) is 2.45. The third-order valence-electron chi connectivity index (χ3n) is 16.4. The maximum Gasteiger partial charge on any atom is 0.426 e. The van der Waals surface area contributed by atoms with Crippen molar-refractivity contribution in [1.82, 2.24) is 41.6 Å². The topological polar surface area (TPSA) is 444 Å². The van der Waals surface area contributed by atoms with Gasteiger partial charge in [-0.3, -0.25) is 72.7 Å². The molecule has 2 aromatic rings. The van der Waals surface area contributed by atoms with Crippen molar-refractivity contribution in [3.05, 3.63) is 45.9 Å². The molecule has 0 aliphatic carbocycles. The molecule has 10 atom stereocenters. The molecule has 0 radical (unpaired) electrons. The number of aromatic nitrogens is 1. The van der Waals surface area contributed by atoms with Gasteiger partial charge in [0.05, 0.1) is 49.6 Å². The van der Waals surface area contributed by atoms with Gasteiger partial charge in [0, 0.05) is 86.4 Å². The smallest absolute Gasteiger partial charge is 0.426 e. The summed E-state index contributed by atoms with van der Waals surface area (Å²) < 4.78 is 16.7. The van der Waals surface area contributed by atoms with E-state index in [9.17, 15) is 87.5 Å². The second-order valence-electron chi connectivity index (χ2n) is 25.0. The van der Waals surface area contributed by atoms with Crippen molar-refractivity contribution >= 4 is 122 Å². The number of likely N-dealkylation sites (N-methyl/N-ethyl adjacent to an activating group) is 1. The predicted molar refractivity (Wildman–Crippen MR) is 363 cm³/mol. The van der Waals surface area contributed by atoms with Crippen LogP contribution in [0.5, 0.6) is 5.75 Å². The minimum Gasteiger partial charge on any atom is -0.508 e. The lowest BCUT2D eigenvalue weighted by Crippen LogP contribution is -2.50. The van der Waals surface area contributed by atoms with Crippen LogP contribution in [0.4, 0.5) is 4.79 Å². The highest BCUT2D eigenvalue weighted by molar-refractivity contribution is 8.76. The van der Waals surface area contributed by atoms with Crippen LogP contribution in [0.1, 0.15) is 179 Å². The number of rotatable bonds is 46. The monoisotopic (exact) mass is 1450 g/mol. The molecule has 0 spiro atoms. The van der Waals surface area contributed by atoms with Crippen LogP contribution in [0.15, 0.2) is 29.6 Å². The van der Waals surface area contributed by atoms with Gasteiger partial charge < -0.3 is 60.3 Å². The number of phenols is 1. The van der Waals surface area contributed by atoms with Gasteiger partial charge in [0.2, 0.25) is 23.6 Å². The highest BCUT2D eigenvalue weighted by Crippen LogP contribution is 2.34. The molecule has 1 saturated heterocycles. The zero-order chi connectivity index (χ0) is 74.1. The van der Waals surface area contributed by atoms with E-state index in [0.717, 1.165) is 37.6 Å². The Kier molecular flexibility index (Phi) is 38.0. The Bertz CT molecular complexity index is 3100. The van der Waals surface area contributed by atoms with E-state index >= 15 is 4.79 Å². The Morgan fingerprint density at radius 3 is 2.00 bits per heavy atom. The van der Waals surface area contributed by atoms with Gasteiger partial charge in [-0.25, -0.2) is 15.2 Å². The molecule has 1 aliphatic rings. The average molecular weight is 1450 g/mol. The number of Topliss-reactive ketones (excluding diaryl/α,β-unsaturated/α-hetero) is 4. The van der Waals surface area contributed by atoms with Crippen molar-refractivity contribution < 1.29 is 107 Å². The number of likely N-dealkylation sites (tertiary alicyclic amines) is 1. The number of hydrogen-bond acceptors (Lipinski definition) is 24. The number of carbonyl (C=O) groups excluding carboxylic acids is 12. The molecule has 550 valence electrons. The molecule has 0 bridgehead atoms. The lowest BCUT2D eigenvalue weighted by Gasteiger charge is -2.38. The van der Waals surface area contributed by atoms with Crippen LogP contribution in [0.3, 0.4) is 0 Å². The van der Waals surface area contributed by atoms with Crippen molar-refractivity contribution in [2.45, 2.75) is 188 Å². The molecule has 1 aromatic carbocycles. The zero-order valence-electron chi connectivity index (χ0n) is 57.5. The lowest BCUT2D eigenvalue weighted by molar-refractivity contribution is -0.162. The molecule has 1 unspecified atom stereocenters. The number of aliphatic carboxylic acids is 3. The van der Waals surface area contributed by atoms with Crippen LogP contribution in [0.2, 0.25) is 0 Å². The maximum atomic E-state index is 15.0. The van der Waals surface area contributed by atoms with E-state index in [0.29, 0.717) is 24.8 Å². The number of esters is 2. The number of carbonyl (C=O) groups is 15. The van der Waals surface area contributed by atoms with E-state index in [1.807, 2.05) is 39.6 Å². The zero-order valence-corrected chi connectivity index (χ0v) is 59.9. The van der Waals surface area contributed by atoms with Gasteiger partial charge in [0.25, 0.3) is 5.91 Å². The van der Waals surface area contributed by atoms with E-state index in [2.05, 4.69) is 31.8 Å². The Morgan fingerprint density at radius 2 is 1.40 bits per heavy atom. The third kappa shape index (κ3) is 31.8. The van der Waals surface area contributed by atoms with E-state index in [4.69, 9.17) is 14.2 Å². The Morgan fingerprint density at radius 1 is 0.758 bits per heavy atom. The van der Waals surface area contributed by atoms with E-state index in [1.165, 1.54) is 50.9 Å². The first kappa shape index (κ1) is 85.2. The van der Waals surface area contributed by atoms with Crippen LogP contribution < -0.4 is 26.8 Å². The number of carboxylic acid groups (broad SMARTS) is 3. The van der Waals surface area contributed by atoms with Gasteiger partial charge in [-0.2, -0.15) is 0 Å². The van der Waals surface area contributed by atoms with Gasteiger partial charge in [-0.15, -0.1) is 11.3 Å². The predicted octanol–water partition coefficient (Wildman–Crippen LogP) is 5.76. The fourth-order valence-corrected chi connectivity index (χ4v) is 13.6. The lowest BCUT2D eigenvalue weighted by atomic mass is 9.83. The van der Waals surface area contributed by atoms with Crippen LogP contribution in [-0.2, 0) is 83.0 Å². The summed E-state index contributed by atoms with van der Waals surface area (Å²) in [5, 5.41) is 47.3. The normalized spacial score (nSPS) is 15.7. The Labute approximate surface area is 587 Å². The number of phenolic OH excluding ortho intramolecular Hbond substituents is 1. The van der Waals surface area contributed by atoms with Gasteiger partial charge in [0.1, 0.15) is 34.6 Å². The largest absolute Gasteiger partial charge is 0.508 e. The minimum absolute atomic E-state index is 0.00390. The highest BCUT2D eigenvalue weighted by Gasteiger charge is 2.40. The second-order valence-corrected chi connectivity index (χ2v) is 28.6. The number of piperidine rings is 1. The molecule has 33 heteroatoms. The highest BCUT2D eigenvalue weighted by atomic mass is 33.1. The minimum atomic E-state index is -1.77. The third-order valence-corrected chi connectivity index (χ3v) is 19.7. The van der Waals surface area contributed by atoms with E-state index in [-0.39, 0.29) is 109 Å². The molecule has 1 fully saturated rings. The number of carboxylic acids is 3. The van der Waals surface area contributed by atoms with Crippen LogP contribution >= 0.6 is 32.9 Å². The van der Waals surface area contributed by atoms with Gasteiger partial charge in [-0.1, -0.05) is 88.1 Å². The number of nitrogens with zero attached hydrogens (tertiary/aromatic N) is 3. The SMILES string of the molecule is CCCC(=O)OCN(C(=O)[C@@H](CC(=O)CC(=O)[C@H]1CCCCN1C)C(C)CC)[C@H](C[C@@H](OC(C)=O)c1nc(C(=O)N[C@@H](Cc2ccc(O)cc2)C[C@H](C)C(=O)NNC(=O)OCCSSCCNC(=O)[C@H](CC(=O)O)CC(=O)[C@@H](CC(=O)O)NC(=O)[C@@H](CC(C)=O)CC(=O)O)cs1)C(C)C. The Hall–Kier alpha value is -8.04. The summed E-state index contributed by atoms with van der Waals surface area (Å²) in [4.78, 5) is 201. The van der Waals surface area contributed by atoms with Crippen LogP contribution in [-0.4, -0.2) is 193 Å². The summed E-state index contributed by atoms with van der Waals surface area (Å²) in [7, 11) is 4.30. The fourth-order valence-electron chi connectivity index (χ4n) is 11.0.